The van der Waals surface area contributed by atoms with Gasteiger partial charge in [0.2, 0.25) is 0 Å². The number of aromatic nitrogens is 4. The van der Waals surface area contributed by atoms with Gasteiger partial charge in [-0.15, -0.1) is 0 Å². The smallest absolute Gasteiger partial charge is 0.152 e. The first-order valence-corrected chi connectivity index (χ1v) is 7.56. The maximum absolute atomic E-state index is 4.45. The van der Waals surface area contributed by atoms with Crippen molar-refractivity contribution in [3.63, 3.8) is 0 Å². The van der Waals surface area contributed by atoms with Gasteiger partial charge in [-0.3, -0.25) is 9.67 Å². The van der Waals surface area contributed by atoms with Gasteiger partial charge in [-0.05, 0) is 47.0 Å². The first-order chi connectivity index (χ1) is 10.1. The van der Waals surface area contributed by atoms with Gasteiger partial charge in [0.25, 0.3) is 0 Å². The number of rotatable bonds is 4. The molecule has 21 heavy (non-hydrogen) atoms. The molecule has 0 bridgehead atoms. The Morgan fingerprint density at radius 2 is 2.19 bits per heavy atom. The fourth-order valence-electron chi connectivity index (χ4n) is 2.36. The number of aryl methyl sites for hydroxylation is 1. The van der Waals surface area contributed by atoms with Crippen LogP contribution in [0.3, 0.4) is 0 Å². The highest BCUT2D eigenvalue weighted by Gasteiger charge is 2.11. The second-order valence-corrected chi connectivity index (χ2v) is 5.98. The molecule has 1 unspecified atom stereocenters. The van der Waals surface area contributed by atoms with Crippen molar-refractivity contribution in [2.75, 3.05) is 5.32 Å². The molecule has 0 aliphatic rings. The van der Waals surface area contributed by atoms with Crippen LogP contribution in [0.5, 0.6) is 0 Å². The van der Waals surface area contributed by atoms with Gasteiger partial charge in [-0.2, -0.15) is 5.10 Å². The number of nitrogens with zero attached hydrogens (tertiary/aromatic N) is 4. The summed E-state index contributed by atoms with van der Waals surface area (Å²) in [5, 5.41) is 8.69. The van der Waals surface area contributed by atoms with Crippen molar-refractivity contribution >= 4 is 32.7 Å². The molecule has 6 heteroatoms. The minimum absolute atomic E-state index is 0.244. The number of anilines is 1. The van der Waals surface area contributed by atoms with Crippen molar-refractivity contribution in [3.8, 4) is 0 Å². The standard InChI is InChI=1S/C15H16BrN5/c1-10(6-11-7-19-21(2)9-11)20-15-14-12(4-3-5-17-14)13(16)8-18-15/h3-5,7-10H,6H2,1-2H3,(H,18,20). The van der Waals surface area contributed by atoms with E-state index in [0.29, 0.717) is 0 Å². The number of fused-ring (bicyclic) bond motifs is 1. The van der Waals surface area contributed by atoms with E-state index in [-0.39, 0.29) is 6.04 Å². The van der Waals surface area contributed by atoms with Crippen molar-refractivity contribution in [1.82, 2.24) is 19.7 Å². The highest BCUT2D eigenvalue weighted by Crippen LogP contribution is 2.26. The Bertz CT molecular complexity index is 768. The average Bonchev–Trinajstić information content (AvgIpc) is 2.87. The molecule has 0 aliphatic carbocycles. The molecule has 0 aromatic carbocycles. The van der Waals surface area contributed by atoms with E-state index >= 15 is 0 Å². The van der Waals surface area contributed by atoms with E-state index in [2.05, 4.69) is 43.2 Å². The molecule has 108 valence electrons. The Labute approximate surface area is 131 Å². The average molecular weight is 346 g/mol. The summed E-state index contributed by atoms with van der Waals surface area (Å²) in [4.78, 5) is 8.89. The van der Waals surface area contributed by atoms with Crippen molar-refractivity contribution in [3.05, 3.63) is 47.0 Å². The van der Waals surface area contributed by atoms with E-state index in [1.807, 2.05) is 42.5 Å². The van der Waals surface area contributed by atoms with Crippen LogP contribution >= 0.6 is 15.9 Å². The predicted octanol–water partition coefficient (Wildman–Crippen LogP) is 3.17. The maximum atomic E-state index is 4.45. The maximum Gasteiger partial charge on any atom is 0.152 e. The molecule has 5 nitrogen and oxygen atoms in total. The van der Waals surface area contributed by atoms with Crippen LogP contribution in [0.25, 0.3) is 10.9 Å². The van der Waals surface area contributed by atoms with E-state index < -0.39 is 0 Å². The van der Waals surface area contributed by atoms with Crippen LogP contribution in [0, 0.1) is 0 Å². The lowest BCUT2D eigenvalue weighted by atomic mass is 10.1. The Balaban J connectivity index is 1.83. The zero-order valence-electron chi connectivity index (χ0n) is 11.9. The fraction of sp³-hybridized carbons (Fsp3) is 0.267. The van der Waals surface area contributed by atoms with Crippen LogP contribution in [-0.4, -0.2) is 25.8 Å². The van der Waals surface area contributed by atoms with Crippen molar-refractivity contribution in [1.29, 1.82) is 0 Å². The summed E-state index contributed by atoms with van der Waals surface area (Å²) in [6.45, 7) is 2.13. The lowest BCUT2D eigenvalue weighted by Crippen LogP contribution is -2.19. The highest BCUT2D eigenvalue weighted by atomic mass is 79.9. The predicted molar refractivity (Wildman–Crippen MR) is 87.2 cm³/mol. The van der Waals surface area contributed by atoms with Gasteiger partial charge in [0, 0.05) is 41.5 Å². The molecule has 0 saturated carbocycles. The van der Waals surface area contributed by atoms with Gasteiger partial charge in [0.05, 0.1) is 6.20 Å². The first kappa shape index (κ1) is 14.0. The molecular formula is C15H16BrN5. The van der Waals surface area contributed by atoms with Gasteiger partial charge in [-0.1, -0.05) is 0 Å². The van der Waals surface area contributed by atoms with E-state index in [1.165, 1.54) is 5.56 Å². The minimum atomic E-state index is 0.244. The third-order valence-electron chi connectivity index (χ3n) is 3.28. The summed E-state index contributed by atoms with van der Waals surface area (Å²) in [5.74, 6) is 0.810. The molecule has 1 atom stereocenters. The molecule has 3 aromatic heterocycles. The van der Waals surface area contributed by atoms with Gasteiger partial charge in [0.1, 0.15) is 5.52 Å². The van der Waals surface area contributed by atoms with Gasteiger partial charge >= 0.3 is 0 Å². The third kappa shape index (κ3) is 3.05. The SMILES string of the molecule is CC(Cc1cnn(C)c1)Nc1ncc(Br)c2cccnc12. The monoisotopic (exact) mass is 345 g/mol. The normalized spacial score (nSPS) is 12.5. The number of nitrogens with one attached hydrogen (secondary N) is 1. The van der Waals surface area contributed by atoms with Crippen molar-refractivity contribution in [2.45, 2.75) is 19.4 Å². The number of hydrogen-bond acceptors (Lipinski definition) is 4. The fourth-order valence-corrected chi connectivity index (χ4v) is 2.78. The van der Waals surface area contributed by atoms with Crippen molar-refractivity contribution in [2.24, 2.45) is 7.05 Å². The minimum Gasteiger partial charge on any atom is -0.365 e. The first-order valence-electron chi connectivity index (χ1n) is 6.77. The van der Waals surface area contributed by atoms with Crippen LogP contribution in [0.4, 0.5) is 5.82 Å². The Kier molecular flexibility index (Phi) is 3.88. The molecule has 3 aromatic rings. The van der Waals surface area contributed by atoms with E-state index in [1.54, 1.807) is 6.20 Å². The van der Waals surface area contributed by atoms with Gasteiger partial charge < -0.3 is 5.32 Å². The molecule has 1 N–H and O–H groups in total. The topological polar surface area (TPSA) is 55.6 Å². The second kappa shape index (κ2) is 5.81. The molecule has 0 saturated heterocycles. The third-order valence-corrected chi connectivity index (χ3v) is 3.91. The lowest BCUT2D eigenvalue weighted by Gasteiger charge is -2.15. The van der Waals surface area contributed by atoms with Gasteiger partial charge in [0.15, 0.2) is 5.82 Å². The summed E-state index contributed by atoms with van der Waals surface area (Å²) < 4.78 is 2.77. The Morgan fingerprint density at radius 1 is 1.33 bits per heavy atom. The van der Waals surface area contributed by atoms with Crippen molar-refractivity contribution < 1.29 is 0 Å². The summed E-state index contributed by atoms with van der Waals surface area (Å²) in [7, 11) is 1.93. The van der Waals surface area contributed by atoms with Crippen LogP contribution in [0.2, 0.25) is 0 Å². The highest BCUT2D eigenvalue weighted by molar-refractivity contribution is 9.10. The van der Waals surface area contributed by atoms with E-state index in [0.717, 1.165) is 27.6 Å². The molecule has 0 spiro atoms. The van der Waals surface area contributed by atoms with Crippen LogP contribution < -0.4 is 5.32 Å². The molecule has 0 amide bonds. The second-order valence-electron chi connectivity index (χ2n) is 5.13. The largest absolute Gasteiger partial charge is 0.365 e. The Hall–Kier alpha value is -1.95. The summed E-state index contributed by atoms with van der Waals surface area (Å²) in [6, 6.07) is 4.20. The molecule has 3 rings (SSSR count). The molecule has 0 fully saturated rings. The Morgan fingerprint density at radius 3 is 2.95 bits per heavy atom. The number of halogens is 1. The van der Waals surface area contributed by atoms with Gasteiger partial charge in [-0.25, -0.2) is 4.98 Å². The zero-order valence-corrected chi connectivity index (χ0v) is 13.5. The summed E-state index contributed by atoms with van der Waals surface area (Å²) >= 11 is 3.51. The lowest BCUT2D eigenvalue weighted by molar-refractivity contribution is 0.761. The summed E-state index contributed by atoms with van der Waals surface area (Å²) in [5.41, 5.74) is 2.08. The van der Waals surface area contributed by atoms with E-state index in [4.69, 9.17) is 0 Å². The van der Waals surface area contributed by atoms with Crippen LogP contribution in [-0.2, 0) is 13.5 Å². The zero-order chi connectivity index (χ0) is 14.8. The van der Waals surface area contributed by atoms with Crippen LogP contribution in [0.15, 0.2) is 41.4 Å². The molecular weight excluding hydrogens is 330 g/mol. The quantitative estimate of drug-likeness (QED) is 0.788. The number of pyridine rings is 2. The van der Waals surface area contributed by atoms with E-state index in [9.17, 15) is 0 Å². The summed E-state index contributed by atoms with van der Waals surface area (Å²) in [6.07, 6.45) is 8.41. The number of hydrogen-bond donors (Lipinski definition) is 1. The molecule has 0 radical (unpaired) electrons. The van der Waals surface area contributed by atoms with Crippen LogP contribution in [0.1, 0.15) is 12.5 Å². The molecule has 0 aliphatic heterocycles. The molecule has 3 heterocycles.